The Bertz CT molecular complexity index is 4030. The van der Waals surface area contributed by atoms with Gasteiger partial charge in [-0.2, -0.15) is 5.26 Å². The Labute approximate surface area is 421 Å². The first-order valence-electron chi connectivity index (χ1n) is 24.9. The van der Waals surface area contributed by atoms with Gasteiger partial charge in [-0.25, -0.2) is 0 Å². The van der Waals surface area contributed by atoms with Crippen LogP contribution in [0.25, 0.3) is 111 Å². The summed E-state index contributed by atoms with van der Waals surface area (Å²) in [7, 11) is 0. The predicted octanol–water partition coefficient (Wildman–Crippen LogP) is 17.9. The van der Waals surface area contributed by atoms with Crippen molar-refractivity contribution >= 4 is 43.6 Å². The molecule has 0 spiro atoms. The molecule has 4 nitrogen and oxygen atoms in total. The largest absolute Gasteiger partial charge is 0.307 e. The van der Waals surface area contributed by atoms with Crippen molar-refractivity contribution in [3.8, 4) is 73.1 Å². The van der Waals surface area contributed by atoms with Crippen molar-refractivity contribution in [1.29, 1.82) is 5.26 Å². The summed E-state index contributed by atoms with van der Waals surface area (Å²) in [4.78, 5) is 4.38. The smallest absolute Gasteiger partial charge is 0.0998 e. The van der Waals surface area contributed by atoms with Gasteiger partial charge in [0.05, 0.1) is 45.1 Å². The van der Waals surface area contributed by atoms with Crippen molar-refractivity contribution in [1.82, 2.24) is 14.1 Å². The molecule has 0 unspecified atom stereocenters. The maximum atomic E-state index is 11.2. The predicted molar refractivity (Wildman–Crippen MR) is 303 cm³/mol. The van der Waals surface area contributed by atoms with Crippen molar-refractivity contribution < 1.29 is 0 Å². The number of benzene rings is 9. The third kappa shape index (κ3) is 7.40. The number of nitriles is 1. The van der Waals surface area contributed by atoms with E-state index < -0.39 is 0 Å². The standard InChI is InChI=1S/C68H54N4/c1-40-9-17-54(44(5)29-40)49-13-21-63-59(33-49)60-34-50(55-18-10-41(2)30-45(55)6)14-22-64(60)71(63)67-37-53(39-69)58(48-25-27-70-28-26-48)38-68(67)72-65-23-15-51(56-19-11-42(3)31-46(56)7)35-61(65)62-36-52(16-24-66(62)72)57-20-12-43(4)32-47(57)8/h9-38H,1-8H3. The Morgan fingerprint density at radius 3 is 0.944 bits per heavy atom. The fourth-order valence-electron chi connectivity index (χ4n) is 11.6. The third-order valence-electron chi connectivity index (χ3n) is 15.0. The van der Waals surface area contributed by atoms with Gasteiger partial charge >= 0.3 is 0 Å². The SMILES string of the molecule is Cc1ccc(-c2ccc3c(c2)c2cc(-c4ccc(C)cc4C)ccc2n3-c2cc(C#N)c(-c3ccncc3)cc2-n2c3ccc(-c4ccc(C)cc4C)cc3c3cc(-c4ccc(C)cc4C)ccc32)c(C)c1. The molecular weight excluding hydrogens is 873 g/mol. The molecule has 0 aliphatic heterocycles. The van der Waals surface area contributed by atoms with Gasteiger partial charge in [-0.3, -0.25) is 4.98 Å². The number of aryl methyl sites for hydroxylation is 8. The first-order chi connectivity index (χ1) is 34.9. The third-order valence-corrected chi connectivity index (χ3v) is 15.0. The Hall–Kier alpha value is -8.78. The van der Waals surface area contributed by atoms with Crippen LogP contribution >= 0.6 is 0 Å². The van der Waals surface area contributed by atoms with E-state index in [1.807, 2.05) is 12.1 Å². The van der Waals surface area contributed by atoms with E-state index in [1.54, 1.807) is 12.4 Å². The fraction of sp³-hybridized carbons (Fsp3) is 0.118. The molecule has 0 amide bonds. The molecule has 9 aromatic carbocycles. The Balaban J connectivity index is 1.20. The molecule has 0 N–H and O–H groups in total. The number of rotatable bonds is 7. The van der Waals surface area contributed by atoms with E-state index >= 15 is 0 Å². The van der Waals surface area contributed by atoms with Gasteiger partial charge in [0.2, 0.25) is 0 Å². The Morgan fingerprint density at radius 2 is 0.639 bits per heavy atom. The molecule has 0 aliphatic carbocycles. The number of fused-ring (bicyclic) bond motifs is 6. The molecule has 0 radical (unpaired) electrons. The molecule has 0 bridgehead atoms. The van der Waals surface area contributed by atoms with E-state index in [2.05, 4.69) is 233 Å². The van der Waals surface area contributed by atoms with Crippen molar-refractivity contribution in [3.05, 3.63) is 232 Å². The van der Waals surface area contributed by atoms with E-state index in [9.17, 15) is 5.26 Å². The number of hydrogen-bond acceptors (Lipinski definition) is 2. The lowest BCUT2D eigenvalue weighted by molar-refractivity contribution is 1.09. The summed E-state index contributed by atoms with van der Waals surface area (Å²) in [5, 5.41) is 15.8. The second-order valence-corrected chi connectivity index (χ2v) is 20.1. The average Bonchev–Trinajstić information content (AvgIpc) is 3.87. The second-order valence-electron chi connectivity index (χ2n) is 20.1. The molecule has 346 valence electrons. The normalized spacial score (nSPS) is 11.6. The van der Waals surface area contributed by atoms with Crippen molar-refractivity contribution in [2.24, 2.45) is 0 Å². The van der Waals surface area contributed by atoms with Crippen LogP contribution in [-0.2, 0) is 0 Å². The summed E-state index contributed by atoms with van der Waals surface area (Å²) < 4.78 is 4.84. The summed E-state index contributed by atoms with van der Waals surface area (Å²) in [5.41, 5.74) is 28.1. The first-order valence-corrected chi connectivity index (χ1v) is 24.9. The first kappa shape index (κ1) is 44.4. The average molecular weight is 927 g/mol. The monoisotopic (exact) mass is 926 g/mol. The molecule has 0 atom stereocenters. The highest BCUT2D eigenvalue weighted by atomic mass is 15.1. The van der Waals surface area contributed by atoms with Gasteiger partial charge in [0.15, 0.2) is 0 Å². The van der Waals surface area contributed by atoms with E-state index in [0.29, 0.717) is 5.56 Å². The van der Waals surface area contributed by atoms with Crippen LogP contribution in [0, 0.1) is 66.7 Å². The number of aromatic nitrogens is 3. The molecule has 0 fully saturated rings. The van der Waals surface area contributed by atoms with Crippen LogP contribution in [0.3, 0.4) is 0 Å². The van der Waals surface area contributed by atoms with Crippen molar-refractivity contribution in [3.63, 3.8) is 0 Å². The van der Waals surface area contributed by atoms with E-state index in [-0.39, 0.29) is 0 Å². The van der Waals surface area contributed by atoms with E-state index in [0.717, 1.165) is 66.1 Å². The minimum Gasteiger partial charge on any atom is -0.307 e. The lowest BCUT2D eigenvalue weighted by Gasteiger charge is -2.20. The zero-order chi connectivity index (χ0) is 49.5. The van der Waals surface area contributed by atoms with Crippen LogP contribution in [0.2, 0.25) is 0 Å². The topological polar surface area (TPSA) is 46.5 Å². The van der Waals surface area contributed by atoms with Gasteiger partial charge < -0.3 is 9.13 Å². The number of nitrogens with zero attached hydrogens (tertiary/aromatic N) is 4. The van der Waals surface area contributed by atoms with Crippen LogP contribution in [0.15, 0.2) is 182 Å². The fourth-order valence-corrected chi connectivity index (χ4v) is 11.6. The van der Waals surface area contributed by atoms with Crippen molar-refractivity contribution in [2.45, 2.75) is 55.4 Å². The summed E-state index contributed by atoms with van der Waals surface area (Å²) >= 11 is 0. The van der Waals surface area contributed by atoms with Crippen LogP contribution in [0.5, 0.6) is 0 Å². The molecule has 0 saturated heterocycles. The highest BCUT2D eigenvalue weighted by molar-refractivity contribution is 6.14. The van der Waals surface area contributed by atoms with Gasteiger partial charge in [-0.1, -0.05) is 119 Å². The van der Waals surface area contributed by atoms with Crippen LogP contribution < -0.4 is 0 Å². The summed E-state index contributed by atoms with van der Waals surface area (Å²) in [6, 6.07) is 65.7. The molecule has 3 aromatic heterocycles. The molecule has 0 aliphatic rings. The second kappa shape index (κ2) is 17.3. The minimum absolute atomic E-state index is 0.587. The van der Waals surface area contributed by atoms with Gasteiger partial charge in [0.25, 0.3) is 0 Å². The molecule has 4 heteroatoms. The number of pyridine rings is 1. The summed E-state index contributed by atoms with van der Waals surface area (Å²) in [6.45, 7) is 17.4. The molecular formula is C68H54N4. The lowest BCUT2D eigenvalue weighted by Crippen LogP contribution is -2.05. The van der Waals surface area contributed by atoms with Crippen LogP contribution in [0.1, 0.15) is 50.1 Å². The highest BCUT2D eigenvalue weighted by Gasteiger charge is 2.24. The quantitative estimate of drug-likeness (QED) is 0.160. The molecule has 3 heterocycles. The maximum absolute atomic E-state index is 11.2. The van der Waals surface area contributed by atoms with Gasteiger partial charge in [-0.05, 0) is 201 Å². The zero-order valence-electron chi connectivity index (χ0n) is 42.1. The Morgan fingerprint density at radius 1 is 0.319 bits per heavy atom. The molecule has 0 saturated carbocycles. The number of hydrogen-bond donors (Lipinski definition) is 0. The van der Waals surface area contributed by atoms with Crippen LogP contribution in [0.4, 0.5) is 0 Å². The highest BCUT2D eigenvalue weighted by Crippen LogP contribution is 2.45. The molecule has 72 heavy (non-hydrogen) atoms. The summed E-state index contributed by atoms with van der Waals surface area (Å²) in [6.07, 6.45) is 3.61. The van der Waals surface area contributed by atoms with Gasteiger partial charge in [0.1, 0.15) is 0 Å². The van der Waals surface area contributed by atoms with Crippen LogP contribution in [-0.4, -0.2) is 14.1 Å². The minimum atomic E-state index is 0.587. The molecule has 12 rings (SSSR count). The van der Waals surface area contributed by atoms with Gasteiger partial charge in [0, 0.05) is 39.5 Å². The summed E-state index contributed by atoms with van der Waals surface area (Å²) in [5.74, 6) is 0. The van der Waals surface area contributed by atoms with Gasteiger partial charge in [-0.15, -0.1) is 0 Å². The molecule has 12 aromatic rings. The lowest BCUT2D eigenvalue weighted by atomic mass is 9.95. The zero-order valence-corrected chi connectivity index (χ0v) is 42.1. The van der Waals surface area contributed by atoms with E-state index in [1.165, 1.54) is 89.0 Å². The Kier molecular flexibility index (Phi) is 10.7. The maximum Gasteiger partial charge on any atom is 0.0998 e. The van der Waals surface area contributed by atoms with Crippen molar-refractivity contribution in [2.75, 3.05) is 0 Å². The van der Waals surface area contributed by atoms with E-state index in [4.69, 9.17) is 0 Å².